The van der Waals surface area contributed by atoms with Crippen LogP contribution in [0.1, 0.15) is 55.4 Å². The number of hydrogen-bond donors (Lipinski definition) is 5. The van der Waals surface area contributed by atoms with Crippen LogP contribution in [0.3, 0.4) is 0 Å². The minimum atomic E-state index is -1.20. The first-order valence-corrected chi connectivity index (χ1v) is 19.6. The molecule has 55 heavy (non-hydrogen) atoms. The lowest BCUT2D eigenvalue weighted by atomic mass is 9.99. The number of carbonyl (C=O) groups excluding carboxylic acids is 4. The van der Waals surface area contributed by atoms with Crippen LogP contribution in [-0.2, 0) is 36.9 Å². The van der Waals surface area contributed by atoms with Crippen LogP contribution in [0.4, 0.5) is 4.79 Å². The third kappa shape index (κ3) is 11.4. The molecule has 0 radical (unpaired) electrons. The summed E-state index contributed by atoms with van der Waals surface area (Å²) in [4.78, 5) is 65.8. The highest BCUT2D eigenvalue weighted by Gasteiger charge is 2.32. The van der Waals surface area contributed by atoms with Gasteiger partial charge in [-0.05, 0) is 52.6 Å². The largest absolute Gasteiger partial charge is 0.480 e. The average molecular weight is 765 g/mol. The highest BCUT2D eigenvalue weighted by Crippen LogP contribution is 2.45. The molecule has 4 aromatic carbocycles. The Bertz CT molecular complexity index is 1900. The molecule has 1 aliphatic rings. The van der Waals surface area contributed by atoms with E-state index in [4.69, 9.17) is 4.74 Å². The molecule has 0 unspecified atom stereocenters. The number of ether oxygens (including phenoxy) is 1. The summed E-state index contributed by atoms with van der Waals surface area (Å²) >= 11 is 1.45. The maximum atomic E-state index is 13.9. The van der Waals surface area contributed by atoms with Gasteiger partial charge in [0.1, 0.15) is 30.8 Å². The zero-order valence-electron chi connectivity index (χ0n) is 31.2. The van der Waals surface area contributed by atoms with Crippen molar-refractivity contribution in [1.29, 1.82) is 0 Å². The number of rotatable bonds is 18. The van der Waals surface area contributed by atoms with Crippen LogP contribution in [-0.4, -0.2) is 70.6 Å². The first-order chi connectivity index (χ1) is 26.5. The summed E-state index contributed by atoms with van der Waals surface area (Å²) in [7, 11) is 0. The molecule has 4 aromatic rings. The number of nitrogens with one attached hydrogen (secondary N) is 4. The summed E-state index contributed by atoms with van der Waals surface area (Å²) < 4.78 is 5.24. The van der Waals surface area contributed by atoms with Crippen molar-refractivity contribution in [3.05, 3.63) is 131 Å². The molecule has 288 valence electrons. The minimum absolute atomic E-state index is 0.0182. The summed E-state index contributed by atoms with van der Waals surface area (Å²) in [5.74, 6) is -2.28. The summed E-state index contributed by atoms with van der Waals surface area (Å²) in [6, 6.07) is 30.1. The number of amides is 4. The van der Waals surface area contributed by atoms with Crippen molar-refractivity contribution < 1.29 is 33.8 Å². The van der Waals surface area contributed by atoms with E-state index in [-0.39, 0.29) is 37.0 Å². The molecule has 0 aliphatic heterocycles. The van der Waals surface area contributed by atoms with Crippen LogP contribution in [0, 0.1) is 5.92 Å². The first kappa shape index (κ1) is 40.6. The standard InChI is InChI=1S/C43H48N4O7S/c1-27(2)22-36(40(49)47-38(42(51)52)26-55-25-35-33-20-12-10-18-31(33)32-19-11-13-21-34(32)35)46-41(50)37(23-29-14-6-4-7-15-29)45-39(48)28(3)44-43(53)54-24-30-16-8-5-9-17-30/h4-21,27-28,35-38H,22-26H2,1-3H3,(H,44,53)(H,45,48)(H,46,50)(H,47,49)(H,51,52)/t28-,36-,37-,38-/m0/s1. The Kier molecular flexibility index (Phi) is 14.5. The Balaban J connectivity index is 1.21. The van der Waals surface area contributed by atoms with E-state index in [0.717, 1.165) is 11.1 Å². The third-order valence-electron chi connectivity index (χ3n) is 9.34. The molecule has 0 spiro atoms. The molecule has 11 nitrogen and oxygen atoms in total. The highest BCUT2D eigenvalue weighted by molar-refractivity contribution is 7.99. The molecular weight excluding hydrogens is 717 g/mol. The van der Waals surface area contributed by atoms with Crippen LogP contribution >= 0.6 is 11.8 Å². The van der Waals surface area contributed by atoms with Gasteiger partial charge >= 0.3 is 12.1 Å². The van der Waals surface area contributed by atoms with Crippen LogP contribution in [0.2, 0.25) is 0 Å². The van der Waals surface area contributed by atoms with E-state index >= 15 is 0 Å². The lowest BCUT2D eigenvalue weighted by molar-refractivity contribution is -0.141. The van der Waals surface area contributed by atoms with Gasteiger partial charge in [0.05, 0.1) is 0 Å². The van der Waals surface area contributed by atoms with Crippen molar-refractivity contribution in [3.63, 3.8) is 0 Å². The van der Waals surface area contributed by atoms with Gasteiger partial charge in [-0.3, -0.25) is 14.4 Å². The van der Waals surface area contributed by atoms with Gasteiger partial charge in [-0.2, -0.15) is 11.8 Å². The Labute approximate surface area is 326 Å². The lowest BCUT2D eigenvalue weighted by Crippen LogP contribution is -2.58. The Hall–Kier alpha value is -5.62. The van der Waals surface area contributed by atoms with Crippen LogP contribution in [0.15, 0.2) is 109 Å². The lowest BCUT2D eigenvalue weighted by Gasteiger charge is -2.26. The fourth-order valence-electron chi connectivity index (χ4n) is 6.53. The second-order valence-corrected chi connectivity index (χ2v) is 15.1. The Morgan fingerprint density at radius 1 is 0.636 bits per heavy atom. The normalized spacial score (nSPS) is 14.0. The molecule has 5 N–H and O–H groups in total. The molecule has 0 saturated heterocycles. The monoisotopic (exact) mass is 764 g/mol. The maximum Gasteiger partial charge on any atom is 0.408 e. The van der Waals surface area contributed by atoms with Crippen LogP contribution < -0.4 is 21.3 Å². The first-order valence-electron chi connectivity index (χ1n) is 18.4. The van der Waals surface area contributed by atoms with Gasteiger partial charge in [-0.15, -0.1) is 0 Å². The second kappa shape index (κ2) is 19.6. The van der Waals surface area contributed by atoms with E-state index in [2.05, 4.69) is 45.5 Å². The summed E-state index contributed by atoms with van der Waals surface area (Å²) in [6.07, 6.45) is -0.473. The van der Waals surface area contributed by atoms with E-state index in [1.807, 2.05) is 86.6 Å². The molecule has 4 atom stereocenters. The molecule has 0 fully saturated rings. The van der Waals surface area contributed by atoms with E-state index in [0.29, 0.717) is 5.75 Å². The molecule has 12 heteroatoms. The van der Waals surface area contributed by atoms with Crippen molar-refractivity contribution in [1.82, 2.24) is 21.3 Å². The molecule has 4 amide bonds. The molecule has 1 aliphatic carbocycles. The molecule has 0 heterocycles. The SMILES string of the molecule is CC(C)C[C@H](NC(=O)[C@H](Cc1ccccc1)NC(=O)[C@H](C)NC(=O)OCc1ccccc1)C(=O)N[C@@H](CSCC1c2ccccc2-c2ccccc21)C(=O)O. The fraction of sp³-hybridized carbons (Fsp3) is 0.326. The fourth-order valence-corrected chi connectivity index (χ4v) is 7.72. The van der Waals surface area contributed by atoms with Crippen molar-refractivity contribution >= 4 is 41.5 Å². The number of carboxylic acids is 1. The number of carboxylic acid groups (broad SMARTS) is 1. The average Bonchev–Trinajstić information content (AvgIpc) is 3.49. The second-order valence-electron chi connectivity index (χ2n) is 14.0. The smallest absolute Gasteiger partial charge is 0.408 e. The van der Waals surface area contributed by atoms with Crippen molar-refractivity contribution in [2.45, 2.75) is 70.3 Å². The summed E-state index contributed by atoms with van der Waals surface area (Å²) in [5.41, 5.74) is 6.27. The van der Waals surface area contributed by atoms with Gasteiger partial charge in [0.2, 0.25) is 17.7 Å². The molecule has 0 saturated carbocycles. The summed E-state index contributed by atoms with van der Waals surface area (Å²) in [5, 5.41) is 20.8. The van der Waals surface area contributed by atoms with Gasteiger partial charge in [0.15, 0.2) is 0 Å². The number of benzene rings is 4. The number of hydrogen-bond acceptors (Lipinski definition) is 7. The van der Waals surface area contributed by atoms with Crippen molar-refractivity contribution in [3.8, 4) is 11.1 Å². The zero-order chi connectivity index (χ0) is 39.3. The molecule has 0 bridgehead atoms. The van der Waals surface area contributed by atoms with Crippen LogP contribution in [0.25, 0.3) is 11.1 Å². The number of carbonyl (C=O) groups is 5. The van der Waals surface area contributed by atoms with E-state index in [9.17, 15) is 29.1 Å². The van der Waals surface area contributed by atoms with Gasteiger partial charge in [-0.1, -0.05) is 123 Å². The molecular formula is C43H48N4O7S. The van der Waals surface area contributed by atoms with E-state index in [1.165, 1.54) is 40.9 Å². The predicted molar refractivity (Wildman–Crippen MR) is 213 cm³/mol. The number of aliphatic carboxylic acids is 1. The molecule has 5 rings (SSSR count). The quantitative estimate of drug-likeness (QED) is 0.0866. The van der Waals surface area contributed by atoms with Crippen molar-refractivity contribution in [2.24, 2.45) is 5.92 Å². The Morgan fingerprint density at radius 3 is 1.73 bits per heavy atom. The van der Waals surface area contributed by atoms with Gasteiger partial charge < -0.3 is 31.1 Å². The topological polar surface area (TPSA) is 163 Å². The van der Waals surface area contributed by atoms with Gasteiger partial charge in [-0.25, -0.2) is 9.59 Å². The van der Waals surface area contributed by atoms with E-state index in [1.54, 1.807) is 12.1 Å². The highest BCUT2D eigenvalue weighted by atomic mass is 32.2. The predicted octanol–water partition coefficient (Wildman–Crippen LogP) is 5.67. The summed E-state index contributed by atoms with van der Waals surface area (Å²) in [6.45, 7) is 5.27. The third-order valence-corrected chi connectivity index (χ3v) is 10.5. The number of fused-ring (bicyclic) bond motifs is 3. The minimum Gasteiger partial charge on any atom is -0.480 e. The zero-order valence-corrected chi connectivity index (χ0v) is 32.0. The Morgan fingerprint density at radius 2 is 1.15 bits per heavy atom. The van der Waals surface area contributed by atoms with Gasteiger partial charge in [0, 0.05) is 23.8 Å². The van der Waals surface area contributed by atoms with Gasteiger partial charge in [0.25, 0.3) is 0 Å². The molecule has 0 aromatic heterocycles. The number of thioether (sulfide) groups is 1. The van der Waals surface area contributed by atoms with Crippen LogP contribution in [0.5, 0.6) is 0 Å². The number of alkyl carbamates (subject to hydrolysis) is 1. The van der Waals surface area contributed by atoms with Crippen molar-refractivity contribution in [2.75, 3.05) is 11.5 Å². The maximum absolute atomic E-state index is 13.9. The van der Waals surface area contributed by atoms with E-state index < -0.39 is 54.0 Å².